The second-order valence-electron chi connectivity index (χ2n) is 7.47. The maximum atomic E-state index is 13.0. The molecule has 2 aliphatic rings. The Morgan fingerprint density at radius 3 is 2.46 bits per heavy atom. The first-order chi connectivity index (χ1) is 13.2. The van der Waals surface area contributed by atoms with Crippen LogP contribution in [0.15, 0.2) is 9.42 Å². The van der Waals surface area contributed by atoms with E-state index in [0.29, 0.717) is 38.2 Å². The Kier molecular flexibility index (Phi) is 6.09. The molecule has 0 bridgehead atoms. The van der Waals surface area contributed by atoms with E-state index >= 15 is 0 Å². The van der Waals surface area contributed by atoms with Gasteiger partial charge in [-0.3, -0.25) is 9.59 Å². The molecule has 0 aromatic carbocycles. The quantitative estimate of drug-likeness (QED) is 0.668. The maximum absolute atomic E-state index is 13.0. The lowest BCUT2D eigenvalue weighted by Gasteiger charge is -2.31. The van der Waals surface area contributed by atoms with Gasteiger partial charge < -0.3 is 14.2 Å². The van der Waals surface area contributed by atoms with E-state index in [1.54, 1.807) is 25.7 Å². The first kappa shape index (κ1) is 20.8. The summed E-state index contributed by atoms with van der Waals surface area (Å²) in [5.41, 5.74) is 0.298. The molecule has 0 spiro atoms. The Labute approximate surface area is 165 Å². The molecule has 10 heteroatoms. The summed E-state index contributed by atoms with van der Waals surface area (Å²) in [6.45, 7) is 6.41. The van der Waals surface area contributed by atoms with Crippen molar-refractivity contribution >= 4 is 21.9 Å². The molecule has 0 saturated carbocycles. The van der Waals surface area contributed by atoms with E-state index in [-0.39, 0.29) is 23.1 Å². The van der Waals surface area contributed by atoms with Crippen LogP contribution in [-0.2, 0) is 24.3 Å². The normalized spacial score (nSPS) is 22.2. The number of nitrogens with zero attached hydrogens (tertiary/aromatic N) is 3. The van der Waals surface area contributed by atoms with E-state index in [0.717, 1.165) is 12.8 Å². The average molecular weight is 413 g/mol. The van der Waals surface area contributed by atoms with Crippen molar-refractivity contribution in [2.24, 2.45) is 5.92 Å². The summed E-state index contributed by atoms with van der Waals surface area (Å²) in [6, 6.07) is 0. The predicted molar refractivity (Wildman–Crippen MR) is 98.8 cm³/mol. The van der Waals surface area contributed by atoms with Gasteiger partial charge in [0.1, 0.15) is 10.6 Å². The molecule has 0 radical (unpaired) electrons. The Hall–Kier alpha value is -1.94. The molecule has 2 atom stereocenters. The van der Waals surface area contributed by atoms with Crippen LogP contribution in [0.4, 0.5) is 0 Å². The zero-order valence-electron chi connectivity index (χ0n) is 16.5. The number of aromatic nitrogens is 1. The van der Waals surface area contributed by atoms with Gasteiger partial charge in [-0.1, -0.05) is 5.16 Å². The fraction of sp³-hybridized carbons (Fsp3) is 0.722. The van der Waals surface area contributed by atoms with Gasteiger partial charge in [0.2, 0.25) is 10.0 Å². The number of sulfonamides is 1. The van der Waals surface area contributed by atoms with Crippen molar-refractivity contribution in [1.82, 2.24) is 14.4 Å². The van der Waals surface area contributed by atoms with Crippen molar-refractivity contribution in [3.05, 3.63) is 11.5 Å². The lowest BCUT2D eigenvalue weighted by molar-refractivity contribution is -0.163. The van der Waals surface area contributed by atoms with E-state index in [2.05, 4.69) is 5.16 Å². The number of carbonyl (C=O) groups excluding carboxylic acids is 2. The molecule has 28 heavy (non-hydrogen) atoms. The number of hydrogen-bond donors (Lipinski definition) is 0. The zero-order valence-corrected chi connectivity index (χ0v) is 17.3. The number of aryl methyl sites for hydroxylation is 2. The van der Waals surface area contributed by atoms with Gasteiger partial charge >= 0.3 is 5.97 Å². The first-order valence-corrected chi connectivity index (χ1v) is 11.1. The standard InChI is InChI=1S/C18H27N3O6S/c1-12-16(13(2)27-19-12)28(24,25)21-10-6-7-15(11-21)18(23)26-14(3)17(22)20-8-4-5-9-20/h14-15H,4-11H2,1-3H3. The highest BCUT2D eigenvalue weighted by molar-refractivity contribution is 7.89. The number of likely N-dealkylation sites (tertiary alicyclic amines) is 1. The molecule has 9 nitrogen and oxygen atoms in total. The third kappa shape index (κ3) is 4.07. The molecule has 2 unspecified atom stereocenters. The smallest absolute Gasteiger partial charge is 0.311 e. The van der Waals surface area contributed by atoms with Gasteiger partial charge in [-0.05, 0) is 46.5 Å². The lowest BCUT2D eigenvalue weighted by atomic mass is 10.00. The molecule has 3 rings (SSSR count). The van der Waals surface area contributed by atoms with Crippen LogP contribution in [0, 0.1) is 19.8 Å². The molecule has 0 aliphatic carbocycles. The third-order valence-corrected chi connectivity index (χ3v) is 7.45. The van der Waals surface area contributed by atoms with Crippen LogP contribution in [0.2, 0.25) is 0 Å². The Balaban J connectivity index is 1.65. The highest BCUT2D eigenvalue weighted by atomic mass is 32.2. The van der Waals surface area contributed by atoms with Crippen LogP contribution >= 0.6 is 0 Å². The number of carbonyl (C=O) groups is 2. The molecular weight excluding hydrogens is 386 g/mol. The minimum absolute atomic E-state index is 0.0237. The molecule has 3 heterocycles. The largest absolute Gasteiger partial charge is 0.452 e. The molecule has 2 fully saturated rings. The highest BCUT2D eigenvalue weighted by Crippen LogP contribution is 2.28. The Bertz CT molecular complexity index is 824. The monoisotopic (exact) mass is 413 g/mol. The summed E-state index contributed by atoms with van der Waals surface area (Å²) >= 11 is 0. The van der Waals surface area contributed by atoms with E-state index in [1.165, 1.54) is 4.31 Å². The minimum Gasteiger partial charge on any atom is -0.452 e. The van der Waals surface area contributed by atoms with Crippen LogP contribution in [0.25, 0.3) is 0 Å². The van der Waals surface area contributed by atoms with Crippen LogP contribution in [0.5, 0.6) is 0 Å². The Morgan fingerprint density at radius 2 is 1.86 bits per heavy atom. The Morgan fingerprint density at radius 1 is 1.18 bits per heavy atom. The van der Waals surface area contributed by atoms with E-state index in [4.69, 9.17) is 9.26 Å². The number of amides is 1. The second kappa shape index (κ2) is 8.20. The van der Waals surface area contributed by atoms with Crippen molar-refractivity contribution in [3.63, 3.8) is 0 Å². The van der Waals surface area contributed by atoms with Crippen molar-refractivity contribution in [2.75, 3.05) is 26.2 Å². The zero-order chi connectivity index (χ0) is 20.5. The van der Waals surface area contributed by atoms with Crippen LogP contribution in [-0.4, -0.2) is 66.9 Å². The SMILES string of the molecule is Cc1noc(C)c1S(=O)(=O)N1CCCC(C(=O)OC(C)C(=O)N2CCCC2)C1. The topological polar surface area (TPSA) is 110 Å². The molecule has 2 saturated heterocycles. The van der Waals surface area contributed by atoms with Gasteiger partial charge in [0, 0.05) is 26.2 Å². The average Bonchev–Trinajstić information content (AvgIpc) is 3.31. The molecule has 1 aromatic rings. The first-order valence-electron chi connectivity index (χ1n) is 9.64. The van der Waals surface area contributed by atoms with Crippen LogP contribution < -0.4 is 0 Å². The molecular formula is C18H27N3O6S. The van der Waals surface area contributed by atoms with Gasteiger partial charge in [-0.15, -0.1) is 0 Å². The van der Waals surface area contributed by atoms with Gasteiger partial charge in [0.25, 0.3) is 5.91 Å². The maximum Gasteiger partial charge on any atom is 0.311 e. The third-order valence-electron chi connectivity index (χ3n) is 5.34. The van der Waals surface area contributed by atoms with Gasteiger partial charge in [0.15, 0.2) is 11.9 Å². The molecule has 1 amide bonds. The van der Waals surface area contributed by atoms with Crippen LogP contribution in [0.3, 0.4) is 0 Å². The highest BCUT2D eigenvalue weighted by Gasteiger charge is 2.38. The minimum atomic E-state index is -3.81. The summed E-state index contributed by atoms with van der Waals surface area (Å²) in [6.07, 6.45) is 2.13. The second-order valence-corrected chi connectivity index (χ2v) is 9.34. The van der Waals surface area contributed by atoms with Crippen molar-refractivity contribution in [1.29, 1.82) is 0 Å². The summed E-state index contributed by atoms with van der Waals surface area (Å²) in [4.78, 5) is 26.7. The van der Waals surface area contributed by atoms with E-state index < -0.39 is 28.0 Å². The summed E-state index contributed by atoms with van der Waals surface area (Å²) in [5, 5.41) is 3.71. The fourth-order valence-corrected chi connectivity index (χ4v) is 5.66. The summed E-state index contributed by atoms with van der Waals surface area (Å²) < 4.78 is 37.6. The van der Waals surface area contributed by atoms with Gasteiger partial charge in [-0.25, -0.2) is 8.42 Å². The van der Waals surface area contributed by atoms with Crippen molar-refractivity contribution < 1.29 is 27.3 Å². The van der Waals surface area contributed by atoms with E-state index in [1.807, 2.05) is 0 Å². The van der Waals surface area contributed by atoms with Crippen LogP contribution in [0.1, 0.15) is 44.1 Å². The number of esters is 1. The summed E-state index contributed by atoms with van der Waals surface area (Å²) in [5.74, 6) is -1.09. The predicted octanol–water partition coefficient (Wildman–Crippen LogP) is 1.25. The van der Waals surface area contributed by atoms with Crippen molar-refractivity contribution in [3.8, 4) is 0 Å². The van der Waals surface area contributed by atoms with Crippen molar-refractivity contribution in [2.45, 2.75) is 57.5 Å². The lowest BCUT2D eigenvalue weighted by Crippen LogP contribution is -2.45. The number of ether oxygens (including phenoxy) is 1. The van der Waals surface area contributed by atoms with Gasteiger partial charge in [0.05, 0.1) is 5.92 Å². The molecule has 156 valence electrons. The fourth-order valence-electron chi connectivity index (χ4n) is 3.84. The molecule has 1 aromatic heterocycles. The molecule has 2 aliphatic heterocycles. The summed E-state index contributed by atoms with van der Waals surface area (Å²) in [7, 11) is -3.81. The number of piperidine rings is 1. The van der Waals surface area contributed by atoms with E-state index in [9.17, 15) is 18.0 Å². The molecule has 0 N–H and O–H groups in total. The van der Waals surface area contributed by atoms with Gasteiger partial charge in [-0.2, -0.15) is 4.31 Å². The number of rotatable bonds is 5. The number of hydrogen-bond acceptors (Lipinski definition) is 7.